The Morgan fingerprint density at radius 1 is 0.861 bits per heavy atom. The number of rotatable bonds is 7. The molecule has 0 radical (unpaired) electrons. The van der Waals surface area contributed by atoms with Crippen LogP contribution in [0.25, 0.3) is 11.1 Å². The highest BCUT2D eigenvalue weighted by atomic mass is 35.5. The van der Waals surface area contributed by atoms with Crippen molar-refractivity contribution in [1.29, 1.82) is 0 Å². The SMILES string of the molecule is O=CC(Oc1ccc(-c2ccc(F)cc2F)cc1C(=O)Nc1ccc(F)cc1)c1ccc(Cl)cc1Cl. The van der Waals surface area contributed by atoms with Crippen molar-refractivity contribution < 1.29 is 27.5 Å². The van der Waals surface area contributed by atoms with E-state index >= 15 is 0 Å². The molecule has 0 fully saturated rings. The predicted octanol–water partition coefficient (Wildman–Crippen LogP) is 7.65. The molecule has 0 spiro atoms. The molecule has 9 heteroatoms. The molecule has 4 nitrogen and oxygen atoms in total. The normalized spacial score (nSPS) is 11.6. The first kappa shape index (κ1) is 25.3. The molecule has 4 aromatic carbocycles. The number of hydrogen-bond acceptors (Lipinski definition) is 3. The number of nitrogens with one attached hydrogen (secondary N) is 1. The fourth-order valence-corrected chi connectivity index (χ4v) is 3.98. The average molecular weight is 530 g/mol. The molecule has 182 valence electrons. The Kier molecular flexibility index (Phi) is 7.62. The zero-order valence-electron chi connectivity index (χ0n) is 18.3. The van der Waals surface area contributed by atoms with Gasteiger partial charge in [0.15, 0.2) is 12.4 Å². The standard InChI is InChI=1S/C27H16Cl2F3NO3/c28-16-2-8-21(23(29)12-16)26(14-34)36-25-10-1-15(20-9-5-18(31)13-24(20)32)11-22(25)27(35)33-19-6-3-17(30)4-7-19/h1-14,26H,(H,33,35). The van der Waals surface area contributed by atoms with Crippen LogP contribution in [0, 0.1) is 17.5 Å². The van der Waals surface area contributed by atoms with Crippen molar-refractivity contribution in [3.05, 3.63) is 117 Å². The Bertz CT molecular complexity index is 1450. The van der Waals surface area contributed by atoms with E-state index in [1.807, 2.05) is 0 Å². The van der Waals surface area contributed by atoms with Gasteiger partial charge in [0.05, 0.1) is 5.56 Å². The minimum atomic E-state index is -1.19. The van der Waals surface area contributed by atoms with Crippen LogP contribution in [0.15, 0.2) is 78.9 Å². The molecule has 0 bridgehead atoms. The summed E-state index contributed by atoms with van der Waals surface area (Å²) in [5.41, 5.74) is 0.855. The third-order valence-electron chi connectivity index (χ3n) is 5.21. The number of carbonyl (C=O) groups excluding carboxylic acids is 2. The summed E-state index contributed by atoms with van der Waals surface area (Å²) >= 11 is 12.2. The summed E-state index contributed by atoms with van der Waals surface area (Å²) in [4.78, 5) is 25.1. The van der Waals surface area contributed by atoms with Crippen molar-refractivity contribution in [3.8, 4) is 16.9 Å². The molecule has 0 heterocycles. The molecular formula is C27H16Cl2F3NO3. The van der Waals surface area contributed by atoms with E-state index in [-0.39, 0.29) is 27.5 Å². The van der Waals surface area contributed by atoms with Crippen LogP contribution in [-0.2, 0) is 4.79 Å². The lowest BCUT2D eigenvalue weighted by Crippen LogP contribution is -2.16. The van der Waals surface area contributed by atoms with Gasteiger partial charge in [-0.2, -0.15) is 0 Å². The van der Waals surface area contributed by atoms with E-state index in [0.717, 1.165) is 12.1 Å². The van der Waals surface area contributed by atoms with Gasteiger partial charge in [0.2, 0.25) is 0 Å². The highest BCUT2D eigenvalue weighted by Crippen LogP contribution is 2.34. The first-order chi connectivity index (χ1) is 17.2. The molecule has 0 saturated heterocycles. The van der Waals surface area contributed by atoms with Crippen LogP contribution in [0.1, 0.15) is 22.0 Å². The van der Waals surface area contributed by atoms with E-state index in [2.05, 4.69) is 5.32 Å². The molecule has 36 heavy (non-hydrogen) atoms. The molecule has 0 aliphatic rings. The van der Waals surface area contributed by atoms with Gasteiger partial charge in [-0.1, -0.05) is 35.3 Å². The van der Waals surface area contributed by atoms with E-state index in [9.17, 15) is 22.8 Å². The number of ether oxygens (including phenoxy) is 1. The van der Waals surface area contributed by atoms with E-state index < -0.39 is 29.5 Å². The minimum Gasteiger partial charge on any atom is -0.477 e. The number of amides is 1. The number of benzene rings is 4. The summed E-state index contributed by atoms with van der Waals surface area (Å²) in [7, 11) is 0. The van der Waals surface area contributed by atoms with Crippen molar-refractivity contribution in [3.63, 3.8) is 0 Å². The van der Waals surface area contributed by atoms with Gasteiger partial charge in [-0.05, 0) is 66.2 Å². The lowest BCUT2D eigenvalue weighted by atomic mass is 10.0. The van der Waals surface area contributed by atoms with Gasteiger partial charge >= 0.3 is 0 Å². The van der Waals surface area contributed by atoms with Gasteiger partial charge in [0.1, 0.15) is 23.2 Å². The first-order valence-corrected chi connectivity index (χ1v) is 11.2. The molecule has 1 atom stereocenters. The fraction of sp³-hybridized carbons (Fsp3) is 0.0370. The van der Waals surface area contributed by atoms with Gasteiger partial charge < -0.3 is 10.1 Å². The van der Waals surface area contributed by atoms with Gasteiger partial charge in [-0.25, -0.2) is 13.2 Å². The third-order valence-corrected chi connectivity index (χ3v) is 5.78. The van der Waals surface area contributed by atoms with Gasteiger partial charge in [-0.3, -0.25) is 9.59 Å². The largest absolute Gasteiger partial charge is 0.477 e. The Morgan fingerprint density at radius 2 is 1.58 bits per heavy atom. The fourth-order valence-electron chi connectivity index (χ4n) is 3.47. The maximum atomic E-state index is 14.4. The van der Waals surface area contributed by atoms with Gasteiger partial charge in [0.25, 0.3) is 5.91 Å². The number of anilines is 1. The number of hydrogen-bond donors (Lipinski definition) is 1. The van der Waals surface area contributed by atoms with Crippen LogP contribution < -0.4 is 10.1 Å². The smallest absolute Gasteiger partial charge is 0.259 e. The monoisotopic (exact) mass is 529 g/mol. The van der Waals surface area contributed by atoms with Crippen molar-refractivity contribution in [1.82, 2.24) is 0 Å². The summed E-state index contributed by atoms with van der Waals surface area (Å²) in [6.07, 6.45) is -0.690. The van der Waals surface area contributed by atoms with Crippen molar-refractivity contribution in [2.75, 3.05) is 5.32 Å². The van der Waals surface area contributed by atoms with Crippen LogP contribution in [0.2, 0.25) is 10.0 Å². The van der Waals surface area contributed by atoms with Crippen molar-refractivity contribution in [2.24, 2.45) is 0 Å². The molecule has 4 rings (SSSR count). The molecule has 0 aliphatic carbocycles. The van der Waals surface area contributed by atoms with E-state index in [1.54, 1.807) is 0 Å². The number of aldehydes is 1. The summed E-state index contributed by atoms with van der Waals surface area (Å²) in [6, 6.07) is 16.8. The van der Waals surface area contributed by atoms with Crippen LogP contribution >= 0.6 is 23.2 Å². The Labute approximate surface area is 214 Å². The molecular weight excluding hydrogens is 514 g/mol. The van der Waals surface area contributed by atoms with Crippen LogP contribution in [0.3, 0.4) is 0 Å². The highest BCUT2D eigenvalue weighted by Gasteiger charge is 2.22. The summed E-state index contributed by atoms with van der Waals surface area (Å²) in [5.74, 6) is -2.75. The maximum Gasteiger partial charge on any atom is 0.259 e. The lowest BCUT2D eigenvalue weighted by Gasteiger charge is -2.19. The van der Waals surface area contributed by atoms with E-state index in [1.165, 1.54) is 66.7 Å². The Hall–Kier alpha value is -3.81. The third kappa shape index (κ3) is 5.70. The minimum absolute atomic E-state index is 0.0102. The quantitative estimate of drug-likeness (QED) is 0.250. The zero-order valence-corrected chi connectivity index (χ0v) is 19.8. The number of halogens is 5. The van der Waals surface area contributed by atoms with Crippen molar-refractivity contribution >= 4 is 41.1 Å². The molecule has 1 unspecified atom stereocenters. The predicted molar refractivity (Wildman–Crippen MR) is 132 cm³/mol. The van der Waals surface area contributed by atoms with Crippen LogP contribution in [0.5, 0.6) is 5.75 Å². The Balaban J connectivity index is 1.75. The topological polar surface area (TPSA) is 55.4 Å². The maximum absolute atomic E-state index is 14.4. The second kappa shape index (κ2) is 10.8. The summed E-state index contributed by atoms with van der Waals surface area (Å²) in [6.45, 7) is 0. The van der Waals surface area contributed by atoms with Crippen LogP contribution in [-0.4, -0.2) is 12.2 Å². The molecule has 0 aromatic heterocycles. The van der Waals surface area contributed by atoms with Gasteiger partial charge in [0, 0.05) is 32.9 Å². The molecule has 1 N–H and O–H groups in total. The molecule has 0 saturated carbocycles. The average Bonchev–Trinajstić information content (AvgIpc) is 2.84. The summed E-state index contributed by atoms with van der Waals surface area (Å²) in [5, 5.41) is 3.15. The zero-order chi connectivity index (χ0) is 25.8. The summed E-state index contributed by atoms with van der Waals surface area (Å²) < 4.78 is 47.0. The van der Waals surface area contributed by atoms with Crippen molar-refractivity contribution in [2.45, 2.75) is 6.10 Å². The second-order valence-electron chi connectivity index (χ2n) is 7.64. The van der Waals surface area contributed by atoms with Crippen LogP contribution in [0.4, 0.5) is 18.9 Å². The molecule has 1 amide bonds. The molecule has 4 aromatic rings. The Morgan fingerprint density at radius 3 is 2.25 bits per heavy atom. The van der Waals surface area contributed by atoms with E-state index in [4.69, 9.17) is 27.9 Å². The second-order valence-corrected chi connectivity index (χ2v) is 8.48. The highest BCUT2D eigenvalue weighted by molar-refractivity contribution is 6.35. The lowest BCUT2D eigenvalue weighted by molar-refractivity contribution is -0.113. The number of carbonyl (C=O) groups is 2. The van der Waals surface area contributed by atoms with Gasteiger partial charge in [-0.15, -0.1) is 0 Å². The molecule has 0 aliphatic heterocycles. The first-order valence-electron chi connectivity index (χ1n) is 10.5. The van der Waals surface area contributed by atoms with E-state index in [0.29, 0.717) is 22.6 Å².